The van der Waals surface area contributed by atoms with E-state index in [2.05, 4.69) is 0 Å². The number of nitriles is 1. The lowest BCUT2D eigenvalue weighted by Gasteiger charge is -1.96. The minimum atomic E-state index is -0.698. The van der Waals surface area contributed by atoms with Crippen LogP contribution in [0.3, 0.4) is 0 Å². The quantitative estimate of drug-likeness (QED) is 0.337. The van der Waals surface area contributed by atoms with Crippen molar-refractivity contribution in [3.05, 3.63) is 28.3 Å². The van der Waals surface area contributed by atoms with E-state index in [1.54, 1.807) is 5.40 Å². The summed E-state index contributed by atoms with van der Waals surface area (Å²) in [5.41, 5.74) is -0.389. The summed E-state index contributed by atoms with van der Waals surface area (Å²) in [6.45, 7) is 0. The highest BCUT2D eigenvalue weighted by atomic mass is 32.2. The molecule has 0 radical (unpaired) electrons. The fourth-order valence-corrected chi connectivity index (χ4v) is 1.18. The van der Waals surface area contributed by atoms with Gasteiger partial charge in [0.15, 0.2) is 5.75 Å². The van der Waals surface area contributed by atoms with Crippen molar-refractivity contribution in [3.8, 4) is 11.2 Å². The summed E-state index contributed by atoms with van der Waals surface area (Å²) in [7, 11) is 0. The van der Waals surface area contributed by atoms with Gasteiger partial charge >= 0.3 is 5.69 Å². The first-order chi connectivity index (χ1) is 6.15. The van der Waals surface area contributed by atoms with Crippen LogP contribution in [0, 0.1) is 20.8 Å². The average molecular weight is 196 g/mol. The number of nitro groups is 1. The highest BCUT2D eigenvalue weighted by Gasteiger charge is 2.13. The molecule has 0 saturated carbocycles. The van der Waals surface area contributed by atoms with E-state index in [-0.39, 0.29) is 5.69 Å². The maximum atomic E-state index is 10.3. The largest absolute Gasteiger partial charge is 0.502 e. The first-order valence-corrected chi connectivity index (χ1v) is 4.00. The molecular weight excluding hydrogens is 192 g/mol. The Bertz CT molecular complexity index is 386. The third-order valence-corrected chi connectivity index (χ3v) is 1.89. The normalized spacial score (nSPS) is 9.15. The van der Waals surface area contributed by atoms with Gasteiger partial charge in [0.1, 0.15) is 5.40 Å². The maximum Gasteiger partial charge on any atom is 0.311 e. The fraction of sp³-hybridized carbons (Fsp3) is 0. The first kappa shape index (κ1) is 9.35. The molecule has 0 atom stereocenters. The number of phenols is 1. The van der Waals surface area contributed by atoms with Crippen molar-refractivity contribution in [1.29, 1.82) is 5.26 Å². The van der Waals surface area contributed by atoms with Crippen molar-refractivity contribution in [1.82, 2.24) is 0 Å². The van der Waals surface area contributed by atoms with Gasteiger partial charge in [-0.15, -0.1) is 0 Å². The van der Waals surface area contributed by atoms with Crippen LogP contribution in [0.2, 0.25) is 0 Å². The van der Waals surface area contributed by atoms with Crippen LogP contribution in [0.15, 0.2) is 23.1 Å². The summed E-state index contributed by atoms with van der Waals surface area (Å²) in [6, 6.07) is 3.79. The number of aromatic hydroxyl groups is 1. The van der Waals surface area contributed by atoms with Crippen molar-refractivity contribution in [2.75, 3.05) is 0 Å². The van der Waals surface area contributed by atoms with E-state index in [0.29, 0.717) is 4.90 Å². The van der Waals surface area contributed by atoms with E-state index in [1.165, 1.54) is 12.1 Å². The van der Waals surface area contributed by atoms with E-state index in [4.69, 9.17) is 10.4 Å². The molecule has 0 saturated heterocycles. The smallest absolute Gasteiger partial charge is 0.311 e. The Kier molecular flexibility index (Phi) is 2.72. The van der Waals surface area contributed by atoms with Crippen LogP contribution < -0.4 is 0 Å². The molecule has 0 spiro atoms. The predicted molar refractivity (Wildman–Crippen MR) is 46.2 cm³/mol. The molecule has 6 heteroatoms. The SMILES string of the molecule is N#CSc1ccc(O)c([N+](=O)[O-])c1. The molecule has 0 heterocycles. The van der Waals surface area contributed by atoms with Crippen molar-refractivity contribution < 1.29 is 10.0 Å². The Morgan fingerprint density at radius 2 is 2.31 bits per heavy atom. The molecule has 66 valence electrons. The molecule has 5 nitrogen and oxygen atoms in total. The molecule has 0 aliphatic heterocycles. The molecule has 0 aliphatic rings. The number of thioether (sulfide) groups is 1. The number of nitrogens with zero attached hydrogens (tertiary/aromatic N) is 2. The molecule has 1 rings (SSSR count). The van der Waals surface area contributed by atoms with E-state index >= 15 is 0 Å². The fourth-order valence-electron chi connectivity index (χ4n) is 0.766. The molecule has 0 fully saturated rings. The monoisotopic (exact) mass is 196 g/mol. The average Bonchev–Trinajstić information content (AvgIpc) is 2.08. The van der Waals surface area contributed by atoms with Crippen molar-refractivity contribution in [2.24, 2.45) is 0 Å². The van der Waals surface area contributed by atoms with Crippen molar-refractivity contribution in [3.63, 3.8) is 0 Å². The van der Waals surface area contributed by atoms with Crippen LogP contribution >= 0.6 is 11.8 Å². The van der Waals surface area contributed by atoms with Crippen molar-refractivity contribution >= 4 is 17.4 Å². The summed E-state index contributed by atoms with van der Waals surface area (Å²) in [5.74, 6) is -0.396. The standard InChI is InChI=1S/C7H4N2O3S/c8-4-13-5-1-2-7(10)6(3-5)9(11)12/h1-3,10H. The number of phenolic OH excluding ortho intramolecular Hbond substituents is 1. The number of thiocyanates is 1. The Labute approximate surface area is 77.8 Å². The third kappa shape index (κ3) is 2.10. The number of benzene rings is 1. The summed E-state index contributed by atoms with van der Waals surface area (Å²) in [5, 5.41) is 29.5. The van der Waals surface area contributed by atoms with Crippen LogP contribution in [0.1, 0.15) is 0 Å². The maximum absolute atomic E-state index is 10.3. The van der Waals surface area contributed by atoms with Crippen molar-refractivity contribution in [2.45, 2.75) is 4.90 Å². The molecule has 1 aromatic carbocycles. The van der Waals surface area contributed by atoms with Gasteiger partial charge in [0.2, 0.25) is 0 Å². The highest BCUT2D eigenvalue weighted by Crippen LogP contribution is 2.30. The molecule has 0 bridgehead atoms. The lowest BCUT2D eigenvalue weighted by Crippen LogP contribution is -1.88. The topological polar surface area (TPSA) is 87.2 Å². The first-order valence-electron chi connectivity index (χ1n) is 3.18. The lowest BCUT2D eigenvalue weighted by atomic mass is 10.3. The third-order valence-electron chi connectivity index (χ3n) is 1.31. The molecule has 1 N–H and O–H groups in total. The molecule has 0 amide bonds. The van der Waals surface area contributed by atoms with Crippen LogP contribution in [-0.4, -0.2) is 10.0 Å². The van der Waals surface area contributed by atoms with Crippen LogP contribution in [0.5, 0.6) is 5.75 Å². The van der Waals surface area contributed by atoms with Gasteiger partial charge in [-0.05, 0) is 23.9 Å². The summed E-state index contributed by atoms with van der Waals surface area (Å²) >= 11 is 0.806. The highest BCUT2D eigenvalue weighted by molar-refractivity contribution is 8.03. The van der Waals surface area contributed by atoms with Gasteiger partial charge in [-0.2, -0.15) is 5.26 Å². The van der Waals surface area contributed by atoms with Crippen LogP contribution in [0.25, 0.3) is 0 Å². The summed E-state index contributed by atoms with van der Waals surface area (Å²) in [4.78, 5) is 10.1. The molecular formula is C7H4N2O3S. The molecule has 0 aromatic heterocycles. The Hall–Kier alpha value is -1.74. The van der Waals surface area contributed by atoms with Gasteiger partial charge < -0.3 is 5.11 Å². The zero-order valence-corrected chi connectivity index (χ0v) is 7.11. The van der Waals surface area contributed by atoms with E-state index in [9.17, 15) is 10.1 Å². The zero-order chi connectivity index (χ0) is 9.84. The summed E-state index contributed by atoms with van der Waals surface area (Å²) < 4.78 is 0. The van der Waals surface area contributed by atoms with Gasteiger partial charge in [0, 0.05) is 11.0 Å². The lowest BCUT2D eigenvalue weighted by molar-refractivity contribution is -0.386. The molecule has 0 unspecified atom stereocenters. The summed E-state index contributed by atoms with van der Waals surface area (Å²) in [6.07, 6.45) is 0. The Morgan fingerprint density at radius 1 is 1.62 bits per heavy atom. The zero-order valence-electron chi connectivity index (χ0n) is 6.30. The molecule has 1 aromatic rings. The number of nitro benzene ring substituents is 1. The minimum absolute atomic E-state index is 0.389. The second kappa shape index (κ2) is 3.78. The predicted octanol–water partition coefficient (Wildman–Crippen LogP) is 1.87. The number of rotatable bonds is 2. The second-order valence-corrected chi connectivity index (χ2v) is 2.96. The number of hydrogen-bond acceptors (Lipinski definition) is 5. The van der Waals surface area contributed by atoms with E-state index in [1.807, 2.05) is 0 Å². The Balaban J connectivity index is 3.13. The van der Waals surface area contributed by atoms with Crippen LogP contribution in [0.4, 0.5) is 5.69 Å². The molecule has 13 heavy (non-hydrogen) atoms. The van der Waals surface area contributed by atoms with Gasteiger partial charge in [-0.1, -0.05) is 0 Å². The Morgan fingerprint density at radius 3 is 2.85 bits per heavy atom. The number of hydrogen-bond donors (Lipinski definition) is 1. The van der Waals surface area contributed by atoms with E-state index in [0.717, 1.165) is 17.8 Å². The van der Waals surface area contributed by atoms with E-state index < -0.39 is 10.7 Å². The second-order valence-electron chi connectivity index (χ2n) is 2.10. The van der Waals surface area contributed by atoms with Crippen LogP contribution in [-0.2, 0) is 0 Å². The minimum Gasteiger partial charge on any atom is -0.502 e. The van der Waals surface area contributed by atoms with Gasteiger partial charge in [0.05, 0.1) is 4.92 Å². The molecule has 0 aliphatic carbocycles. The van der Waals surface area contributed by atoms with Gasteiger partial charge in [-0.3, -0.25) is 10.1 Å². The van der Waals surface area contributed by atoms with Gasteiger partial charge in [-0.25, -0.2) is 0 Å². The van der Waals surface area contributed by atoms with Gasteiger partial charge in [0.25, 0.3) is 0 Å².